The Bertz CT molecular complexity index is 258. The molecule has 1 N–H and O–H groups in total. The third-order valence-electron chi connectivity index (χ3n) is 4.93. The molecule has 2 nitrogen and oxygen atoms in total. The van der Waals surface area contributed by atoms with Crippen LogP contribution in [0.25, 0.3) is 0 Å². The standard InChI is InChI=1S/C14H23NO/c16-14(12-3-1-2-4-12)13-6-10-5-11(7-13)9-15-8-10/h10-13,15H,1-9H2. The summed E-state index contributed by atoms with van der Waals surface area (Å²) >= 11 is 0. The summed E-state index contributed by atoms with van der Waals surface area (Å²) in [7, 11) is 0. The van der Waals surface area contributed by atoms with Crippen LogP contribution in [0.4, 0.5) is 0 Å². The van der Waals surface area contributed by atoms with Crippen molar-refractivity contribution in [1.82, 2.24) is 5.32 Å². The largest absolute Gasteiger partial charge is 0.316 e. The first-order valence-corrected chi connectivity index (χ1v) is 7.07. The average Bonchev–Trinajstić information content (AvgIpc) is 2.81. The van der Waals surface area contributed by atoms with Gasteiger partial charge in [-0.2, -0.15) is 0 Å². The molecule has 0 aromatic heterocycles. The molecule has 90 valence electrons. The van der Waals surface area contributed by atoms with Crippen molar-refractivity contribution in [3.8, 4) is 0 Å². The van der Waals surface area contributed by atoms with E-state index in [-0.39, 0.29) is 0 Å². The highest BCUT2D eigenvalue weighted by Gasteiger charge is 2.37. The number of hydrogen-bond donors (Lipinski definition) is 1. The number of ketones is 1. The van der Waals surface area contributed by atoms with Gasteiger partial charge >= 0.3 is 0 Å². The summed E-state index contributed by atoms with van der Waals surface area (Å²) in [5.41, 5.74) is 0. The molecule has 1 saturated heterocycles. The Kier molecular flexibility index (Phi) is 3.01. The lowest BCUT2D eigenvalue weighted by atomic mass is 9.70. The zero-order valence-corrected chi connectivity index (χ0v) is 10.1. The van der Waals surface area contributed by atoms with Crippen LogP contribution in [0.3, 0.4) is 0 Å². The fourth-order valence-electron chi connectivity index (χ4n) is 4.17. The fraction of sp³-hybridized carbons (Fsp3) is 0.929. The Morgan fingerprint density at radius 1 is 0.875 bits per heavy atom. The molecular weight excluding hydrogens is 198 g/mol. The molecule has 2 aliphatic carbocycles. The van der Waals surface area contributed by atoms with E-state index in [1.807, 2.05) is 0 Å². The fourth-order valence-corrected chi connectivity index (χ4v) is 4.17. The molecule has 2 atom stereocenters. The molecule has 0 spiro atoms. The minimum absolute atomic E-state index is 0.425. The van der Waals surface area contributed by atoms with Gasteiger partial charge in [-0.05, 0) is 57.0 Å². The van der Waals surface area contributed by atoms with Gasteiger partial charge in [-0.1, -0.05) is 12.8 Å². The molecule has 3 rings (SSSR count). The summed E-state index contributed by atoms with van der Waals surface area (Å²) < 4.78 is 0. The summed E-state index contributed by atoms with van der Waals surface area (Å²) in [4.78, 5) is 12.4. The van der Waals surface area contributed by atoms with Crippen LogP contribution in [-0.2, 0) is 4.79 Å². The van der Waals surface area contributed by atoms with E-state index in [1.54, 1.807) is 0 Å². The molecule has 0 radical (unpaired) electrons. The number of hydrogen-bond acceptors (Lipinski definition) is 2. The molecule has 3 aliphatic rings. The minimum Gasteiger partial charge on any atom is -0.316 e. The first-order valence-electron chi connectivity index (χ1n) is 7.07. The number of fused-ring (bicyclic) bond motifs is 2. The predicted octanol–water partition coefficient (Wildman–Crippen LogP) is 2.38. The Morgan fingerprint density at radius 3 is 2.12 bits per heavy atom. The van der Waals surface area contributed by atoms with E-state index in [4.69, 9.17) is 0 Å². The lowest BCUT2D eigenvalue weighted by molar-refractivity contribution is -0.129. The number of rotatable bonds is 2. The first-order chi connectivity index (χ1) is 7.83. The molecule has 2 bridgehead atoms. The van der Waals surface area contributed by atoms with Crippen molar-refractivity contribution < 1.29 is 4.79 Å². The molecule has 0 aromatic rings. The minimum atomic E-state index is 0.425. The van der Waals surface area contributed by atoms with Crippen molar-refractivity contribution in [2.24, 2.45) is 23.7 Å². The summed E-state index contributed by atoms with van der Waals surface area (Å²) in [5, 5.41) is 3.50. The van der Waals surface area contributed by atoms with E-state index in [1.165, 1.54) is 44.9 Å². The van der Waals surface area contributed by atoms with Gasteiger partial charge < -0.3 is 5.32 Å². The SMILES string of the molecule is O=C(C1CCCC1)C1CC2CNCC(C2)C1. The molecule has 1 aliphatic heterocycles. The quantitative estimate of drug-likeness (QED) is 0.775. The van der Waals surface area contributed by atoms with Crippen molar-refractivity contribution in [2.45, 2.75) is 44.9 Å². The normalized spacial score (nSPS) is 39.9. The Hall–Kier alpha value is -0.370. The first kappa shape index (κ1) is 10.8. The molecule has 3 fully saturated rings. The highest BCUT2D eigenvalue weighted by molar-refractivity contribution is 5.83. The van der Waals surface area contributed by atoms with Crippen molar-refractivity contribution in [3.63, 3.8) is 0 Å². The van der Waals surface area contributed by atoms with Crippen LogP contribution in [0.15, 0.2) is 0 Å². The van der Waals surface area contributed by atoms with Crippen LogP contribution in [0.5, 0.6) is 0 Å². The monoisotopic (exact) mass is 221 g/mol. The summed E-state index contributed by atoms with van der Waals surface area (Å²) in [6, 6.07) is 0. The zero-order chi connectivity index (χ0) is 11.0. The Balaban J connectivity index is 1.63. The van der Waals surface area contributed by atoms with Crippen LogP contribution in [-0.4, -0.2) is 18.9 Å². The van der Waals surface area contributed by atoms with Gasteiger partial charge in [0, 0.05) is 11.8 Å². The van der Waals surface area contributed by atoms with Gasteiger partial charge in [0.2, 0.25) is 0 Å². The summed E-state index contributed by atoms with van der Waals surface area (Å²) in [6.07, 6.45) is 8.68. The second kappa shape index (κ2) is 4.48. The smallest absolute Gasteiger partial charge is 0.139 e. The van der Waals surface area contributed by atoms with Crippen molar-refractivity contribution in [2.75, 3.05) is 13.1 Å². The van der Waals surface area contributed by atoms with Crippen LogP contribution in [0, 0.1) is 23.7 Å². The van der Waals surface area contributed by atoms with Gasteiger partial charge in [-0.15, -0.1) is 0 Å². The average molecular weight is 221 g/mol. The third kappa shape index (κ3) is 2.04. The maximum absolute atomic E-state index is 12.4. The number of carbonyl (C=O) groups excluding carboxylic acids is 1. The molecule has 0 amide bonds. The predicted molar refractivity (Wildman–Crippen MR) is 64.2 cm³/mol. The van der Waals surface area contributed by atoms with E-state index in [0.29, 0.717) is 17.6 Å². The Morgan fingerprint density at radius 2 is 1.50 bits per heavy atom. The second-order valence-corrected chi connectivity index (χ2v) is 6.18. The topological polar surface area (TPSA) is 29.1 Å². The molecule has 16 heavy (non-hydrogen) atoms. The number of piperidine rings is 1. The maximum atomic E-state index is 12.4. The molecule has 2 saturated carbocycles. The second-order valence-electron chi connectivity index (χ2n) is 6.18. The van der Waals surface area contributed by atoms with Crippen LogP contribution in [0.1, 0.15) is 44.9 Å². The Labute approximate surface area is 98.2 Å². The molecule has 0 aromatic carbocycles. The van der Waals surface area contributed by atoms with Gasteiger partial charge in [-0.3, -0.25) is 4.79 Å². The van der Waals surface area contributed by atoms with Gasteiger partial charge in [0.1, 0.15) is 5.78 Å². The lowest BCUT2D eigenvalue weighted by Crippen LogP contribution is -2.43. The number of Topliss-reactive ketones (excluding diaryl/α,β-unsaturated/α-hetero) is 1. The van der Waals surface area contributed by atoms with E-state index < -0.39 is 0 Å². The maximum Gasteiger partial charge on any atom is 0.139 e. The zero-order valence-electron chi connectivity index (χ0n) is 10.1. The van der Waals surface area contributed by atoms with Crippen LogP contribution in [0.2, 0.25) is 0 Å². The van der Waals surface area contributed by atoms with E-state index in [2.05, 4.69) is 5.32 Å². The van der Waals surface area contributed by atoms with Crippen molar-refractivity contribution >= 4 is 5.78 Å². The van der Waals surface area contributed by atoms with Crippen LogP contribution < -0.4 is 5.32 Å². The van der Waals surface area contributed by atoms with E-state index >= 15 is 0 Å². The molecule has 2 unspecified atom stereocenters. The molecule has 1 heterocycles. The molecule has 2 heteroatoms. The highest BCUT2D eigenvalue weighted by atomic mass is 16.1. The van der Waals surface area contributed by atoms with Gasteiger partial charge in [0.25, 0.3) is 0 Å². The summed E-state index contributed by atoms with van der Waals surface area (Å²) in [6.45, 7) is 2.32. The van der Waals surface area contributed by atoms with Gasteiger partial charge in [0.05, 0.1) is 0 Å². The van der Waals surface area contributed by atoms with E-state index in [9.17, 15) is 4.79 Å². The third-order valence-corrected chi connectivity index (χ3v) is 4.93. The van der Waals surface area contributed by atoms with Crippen molar-refractivity contribution in [3.05, 3.63) is 0 Å². The number of nitrogens with one attached hydrogen (secondary N) is 1. The highest BCUT2D eigenvalue weighted by Crippen LogP contribution is 2.39. The van der Waals surface area contributed by atoms with Gasteiger partial charge in [-0.25, -0.2) is 0 Å². The van der Waals surface area contributed by atoms with Crippen LogP contribution >= 0.6 is 0 Å². The molecular formula is C14H23NO. The van der Waals surface area contributed by atoms with E-state index in [0.717, 1.165) is 24.9 Å². The number of carbonyl (C=O) groups is 1. The van der Waals surface area contributed by atoms with Crippen molar-refractivity contribution in [1.29, 1.82) is 0 Å². The van der Waals surface area contributed by atoms with Gasteiger partial charge in [0.15, 0.2) is 0 Å². The lowest BCUT2D eigenvalue weighted by Gasteiger charge is -2.39. The summed E-state index contributed by atoms with van der Waals surface area (Å²) in [5.74, 6) is 3.09.